The molecule has 0 saturated heterocycles. The summed E-state index contributed by atoms with van der Waals surface area (Å²) >= 11 is 0. The number of nitrogens with zero attached hydrogens (tertiary/aromatic N) is 2. The minimum absolute atomic E-state index is 0.0324. The molecule has 0 aliphatic carbocycles. The third-order valence-corrected chi connectivity index (χ3v) is 9.40. The third-order valence-electron chi connectivity index (χ3n) is 4.89. The molecule has 0 amide bonds. The van der Waals surface area contributed by atoms with E-state index in [-0.39, 0.29) is 10.8 Å². The monoisotopic (exact) mass is 402 g/mol. The van der Waals surface area contributed by atoms with Crippen LogP contribution in [0.15, 0.2) is 40.5 Å². The maximum Gasteiger partial charge on any atom is 0.0862 e. The highest BCUT2D eigenvalue weighted by Crippen LogP contribution is 2.27. The smallest absolute Gasteiger partial charge is 0.0862 e. The fraction of sp³-hybridized carbons (Fsp3) is 0.652. The minimum atomic E-state index is -1.61. The molecule has 1 rings (SSSR count). The highest BCUT2D eigenvalue weighted by Gasteiger charge is 2.31. The largest absolute Gasteiger partial charge is 0.160 e. The second kappa shape index (κ2) is 8.56. The normalized spacial score (nSPS) is 15.2. The van der Waals surface area contributed by atoms with Gasteiger partial charge in [0.1, 0.15) is 0 Å². The quantitative estimate of drug-likeness (QED) is 0.283. The summed E-state index contributed by atoms with van der Waals surface area (Å²) in [6, 6.07) is 13.1. The van der Waals surface area contributed by atoms with Gasteiger partial charge >= 0.3 is 0 Å². The third kappa shape index (κ3) is 8.26. The van der Waals surface area contributed by atoms with Crippen molar-refractivity contribution in [2.24, 2.45) is 21.0 Å². The number of rotatable bonds is 6. The summed E-state index contributed by atoms with van der Waals surface area (Å²) in [5.41, 5.74) is 2.59. The maximum absolute atomic E-state index is 4.92. The molecule has 2 nitrogen and oxygen atoms in total. The van der Waals surface area contributed by atoms with E-state index in [2.05, 4.69) is 105 Å². The van der Waals surface area contributed by atoms with Crippen molar-refractivity contribution in [1.82, 2.24) is 0 Å². The van der Waals surface area contributed by atoms with E-state index in [9.17, 15) is 0 Å². The average molecular weight is 403 g/mol. The Morgan fingerprint density at radius 1 is 0.704 bits per heavy atom. The predicted octanol–water partition coefficient (Wildman–Crippen LogP) is 6.83. The average Bonchev–Trinajstić information content (AvgIpc) is 2.47. The Morgan fingerprint density at radius 3 is 1.48 bits per heavy atom. The van der Waals surface area contributed by atoms with E-state index in [0.29, 0.717) is 0 Å². The lowest BCUT2D eigenvalue weighted by atomic mass is 9.90. The van der Waals surface area contributed by atoms with Crippen LogP contribution in [0.25, 0.3) is 0 Å². The molecule has 0 unspecified atom stereocenters. The lowest BCUT2D eigenvalue weighted by Gasteiger charge is -2.30. The first-order chi connectivity index (χ1) is 12.0. The van der Waals surface area contributed by atoms with Crippen LogP contribution in [0.1, 0.15) is 41.5 Å². The zero-order chi connectivity index (χ0) is 21.1. The predicted molar refractivity (Wildman–Crippen MR) is 130 cm³/mol. The van der Waals surface area contributed by atoms with Gasteiger partial charge in [-0.2, -0.15) is 10.2 Å². The second-order valence-electron chi connectivity index (χ2n) is 11.8. The Hall–Kier alpha value is -1.01. The standard InChI is InChI=1S/C23H42N2Si2/c1-22(2,3)20(17-26(7,8)9)24-25-21(23(4,5)6)18-27(10,11)19-15-13-12-14-16-19/h12-16H,17-18H2,1-11H3/b24-20+,25-21+. The molecule has 1 aromatic carbocycles. The fourth-order valence-electron chi connectivity index (χ4n) is 2.93. The molecule has 0 radical (unpaired) electrons. The molecule has 0 bridgehead atoms. The van der Waals surface area contributed by atoms with E-state index in [1.807, 2.05) is 0 Å². The van der Waals surface area contributed by atoms with Gasteiger partial charge in [0.25, 0.3) is 0 Å². The van der Waals surface area contributed by atoms with Crippen LogP contribution in [-0.4, -0.2) is 27.6 Å². The zero-order valence-electron chi connectivity index (χ0n) is 19.7. The highest BCUT2D eigenvalue weighted by molar-refractivity contribution is 6.92. The molecular weight excluding hydrogens is 360 g/mol. The lowest BCUT2D eigenvalue weighted by Crippen LogP contribution is -2.45. The van der Waals surface area contributed by atoms with Gasteiger partial charge in [-0.1, -0.05) is 110 Å². The topological polar surface area (TPSA) is 24.7 Å². The molecule has 1 aromatic rings. The number of hydrogen-bond donors (Lipinski definition) is 0. The van der Waals surface area contributed by atoms with E-state index in [4.69, 9.17) is 10.2 Å². The minimum Gasteiger partial charge on any atom is -0.160 e. The van der Waals surface area contributed by atoms with E-state index >= 15 is 0 Å². The van der Waals surface area contributed by atoms with Crippen LogP contribution in [0.5, 0.6) is 0 Å². The first kappa shape index (κ1) is 24.0. The maximum atomic E-state index is 4.92. The Bertz CT molecular complexity index is 667. The second-order valence-corrected chi connectivity index (χ2v) is 21.9. The van der Waals surface area contributed by atoms with Crippen molar-refractivity contribution >= 4 is 32.8 Å². The Morgan fingerprint density at radius 2 is 1.11 bits per heavy atom. The zero-order valence-corrected chi connectivity index (χ0v) is 21.7. The van der Waals surface area contributed by atoms with Crippen molar-refractivity contribution in [2.75, 3.05) is 0 Å². The molecule has 152 valence electrons. The summed E-state index contributed by atoms with van der Waals surface area (Å²) in [4.78, 5) is 0. The van der Waals surface area contributed by atoms with Crippen molar-refractivity contribution in [3.05, 3.63) is 30.3 Å². The van der Waals surface area contributed by atoms with Crippen LogP contribution in [0.4, 0.5) is 0 Å². The summed E-state index contributed by atoms with van der Waals surface area (Å²) in [6.07, 6.45) is 0. The molecule has 0 heterocycles. The van der Waals surface area contributed by atoms with E-state index < -0.39 is 16.1 Å². The van der Waals surface area contributed by atoms with Crippen molar-refractivity contribution in [1.29, 1.82) is 0 Å². The molecule has 27 heavy (non-hydrogen) atoms. The van der Waals surface area contributed by atoms with Crippen molar-refractivity contribution in [3.63, 3.8) is 0 Å². The Balaban J connectivity index is 3.30. The molecule has 0 atom stereocenters. The van der Waals surface area contributed by atoms with Gasteiger partial charge in [0.15, 0.2) is 0 Å². The molecule has 0 aromatic heterocycles. The van der Waals surface area contributed by atoms with E-state index in [1.165, 1.54) is 16.6 Å². The van der Waals surface area contributed by atoms with Crippen molar-refractivity contribution in [2.45, 2.75) is 86.4 Å². The van der Waals surface area contributed by atoms with Crippen LogP contribution in [0.3, 0.4) is 0 Å². The van der Waals surface area contributed by atoms with Crippen molar-refractivity contribution in [3.8, 4) is 0 Å². The lowest BCUT2D eigenvalue weighted by molar-refractivity contribution is 0.576. The first-order valence-corrected chi connectivity index (χ1v) is 17.1. The van der Waals surface area contributed by atoms with Gasteiger partial charge in [-0.05, 0) is 12.1 Å². The first-order valence-electron chi connectivity index (χ1n) is 10.2. The van der Waals surface area contributed by atoms with Gasteiger partial charge in [-0.15, -0.1) is 0 Å². The van der Waals surface area contributed by atoms with Crippen molar-refractivity contribution < 1.29 is 0 Å². The molecule has 0 N–H and O–H groups in total. The summed E-state index contributed by atoms with van der Waals surface area (Å²) in [5.74, 6) is 0. The van der Waals surface area contributed by atoms with E-state index in [0.717, 1.165) is 12.1 Å². The van der Waals surface area contributed by atoms with E-state index in [1.54, 1.807) is 0 Å². The number of benzene rings is 1. The SMILES string of the molecule is CC(C)(C)/C(C[Si](C)(C)C)=N/N=C(\C[Si](C)(C)c1ccccc1)C(C)(C)C. The Kier molecular flexibility index (Phi) is 7.62. The number of hydrogen-bond acceptors (Lipinski definition) is 2. The Labute approximate surface area is 170 Å². The molecule has 0 saturated carbocycles. The van der Waals surface area contributed by atoms with Crippen LogP contribution in [-0.2, 0) is 0 Å². The fourth-order valence-corrected chi connectivity index (χ4v) is 7.28. The van der Waals surface area contributed by atoms with Gasteiger partial charge in [-0.25, -0.2) is 0 Å². The van der Waals surface area contributed by atoms with Gasteiger partial charge in [0, 0.05) is 22.3 Å². The molecule has 0 aliphatic heterocycles. The van der Waals surface area contributed by atoms with Gasteiger partial charge in [-0.3, -0.25) is 0 Å². The van der Waals surface area contributed by atoms with Crippen LogP contribution in [0.2, 0.25) is 44.8 Å². The molecule has 0 fully saturated rings. The summed E-state index contributed by atoms with van der Waals surface area (Å²) in [5, 5.41) is 11.3. The van der Waals surface area contributed by atoms with Crippen LogP contribution in [0, 0.1) is 10.8 Å². The highest BCUT2D eigenvalue weighted by atomic mass is 28.3. The van der Waals surface area contributed by atoms with Gasteiger partial charge in [0.05, 0.1) is 16.1 Å². The van der Waals surface area contributed by atoms with Crippen LogP contribution >= 0.6 is 0 Å². The summed E-state index contributed by atoms with van der Waals surface area (Å²) < 4.78 is 0. The van der Waals surface area contributed by atoms with Gasteiger partial charge < -0.3 is 0 Å². The van der Waals surface area contributed by atoms with Crippen LogP contribution < -0.4 is 5.19 Å². The molecular formula is C23H42N2Si2. The molecule has 0 aliphatic rings. The van der Waals surface area contributed by atoms with Gasteiger partial charge in [0.2, 0.25) is 0 Å². The summed E-state index contributed by atoms with van der Waals surface area (Å²) in [7, 11) is -2.85. The molecule has 0 spiro atoms. The molecule has 4 heteroatoms. The summed E-state index contributed by atoms with van der Waals surface area (Å²) in [6.45, 7) is 25.7.